The maximum atomic E-state index is 12.2. The maximum absolute atomic E-state index is 12.2. The lowest BCUT2D eigenvalue weighted by molar-refractivity contribution is -0.434. The van der Waals surface area contributed by atoms with Crippen LogP contribution in [0.4, 0.5) is 17.1 Å². The predicted octanol–water partition coefficient (Wildman–Crippen LogP) is 16.3. The number of amides is 2. The van der Waals surface area contributed by atoms with Crippen LogP contribution in [0.1, 0.15) is 169 Å². The molecule has 1 saturated heterocycles. The predicted molar refractivity (Wildman–Crippen MR) is 359 cm³/mol. The van der Waals surface area contributed by atoms with Crippen molar-refractivity contribution in [3.05, 3.63) is 185 Å². The van der Waals surface area contributed by atoms with Gasteiger partial charge < -0.3 is 25.3 Å². The number of nitrogens with zero attached hydrogens (tertiary/aromatic N) is 5. The summed E-state index contributed by atoms with van der Waals surface area (Å²) in [6.07, 6.45) is 35.0. The van der Waals surface area contributed by atoms with Gasteiger partial charge in [0.15, 0.2) is 5.71 Å². The number of carbonyl (C=O) groups is 3. The van der Waals surface area contributed by atoms with E-state index in [2.05, 4.69) is 261 Å². The molecule has 0 atom stereocenters. The second kappa shape index (κ2) is 27.6. The van der Waals surface area contributed by atoms with Crippen molar-refractivity contribution >= 4 is 70.0 Å². The number of nitrogens with two attached hydrogens (primary N) is 1. The third kappa shape index (κ3) is 14.3. The number of unbranched alkanes of at least 4 members (excludes halogenated alkanes) is 4. The Morgan fingerprint density at radius 1 is 0.694 bits per heavy atom. The Morgan fingerprint density at radius 3 is 1.94 bits per heavy atom. The molecule has 0 unspecified atom stereocenters. The molecular formula is C74H95N6O4S+. The lowest BCUT2D eigenvalue weighted by Gasteiger charge is -2.27. The van der Waals surface area contributed by atoms with Crippen LogP contribution in [0.3, 0.4) is 0 Å². The van der Waals surface area contributed by atoms with E-state index in [1.54, 1.807) is 0 Å². The SMILES string of the molecule is CCN(CC)c1ccc2c(C(C)(C)C)cc(/C=C/C=C/C=C3/N(CCCCCN)c4ccc(S)cc4C3(C)C)cc2c1.C[N+]1=C(/C=C/C=C/C=C2/N(CCCCCC(=O)ON3C(=O)CCC3=O)c3ccccc3C2(C)C)C(C)(C)C2=CCCC=C21. The molecule has 10 nitrogen and oxygen atoms in total. The molecule has 0 aromatic heterocycles. The maximum Gasteiger partial charge on any atom is 0.333 e. The van der Waals surface area contributed by atoms with Crippen LogP contribution in [-0.4, -0.2) is 72.9 Å². The van der Waals surface area contributed by atoms with Crippen LogP contribution in [0.15, 0.2) is 167 Å². The van der Waals surface area contributed by atoms with Gasteiger partial charge in [0, 0.05) is 101 Å². The molecule has 2 N–H and O–H groups in total. The molecule has 0 spiro atoms. The first-order valence-electron chi connectivity index (χ1n) is 31.3. The van der Waals surface area contributed by atoms with Gasteiger partial charge in [-0.2, -0.15) is 4.58 Å². The fourth-order valence-corrected chi connectivity index (χ4v) is 13.3. The highest BCUT2D eigenvalue weighted by Crippen LogP contribution is 2.50. The highest BCUT2D eigenvalue weighted by molar-refractivity contribution is 7.80. The number of imide groups is 1. The summed E-state index contributed by atoms with van der Waals surface area (Å²) in [5.41, 5.74) is 21.3. The summed E-state index contributed by atoms with van der Waals surface area (Å²) in [4.78, 5) is 48.9. The molecule has 5 aliphatic rings. The highest BCUT2D eigenvalue weighted by Gasteiger charge is 2.46. The second-order valence-corrected chi connectivity index (χ2v) is 26.3. The molecule has 1 aliphatic carbocycles. The molecule has 4 heterocycles. The summed E-state index contributed by atoms with van der Waals surface area (Å²) in [6.45, 7) is 29.8. The van der Waals surface area contributed by atoms with Crippen molar-refractivity contribution in [2.75, 3.05) is 54.5 Å². The topological polar surface area (TPSA) is 102 Å². The number of hydrogen-bond acceptors (Lipinski definition) is 9. The number of thiol groups is 1. The molecule has 2 amide bonds. The molecule has 4 aromatic rings. The number of hydrogen-bond donors (Lipinski definition) is 2. The molecule has 0 bridgehead atoms. The van der Waals surface area contributed by atoms with Crippen molar-refractivity contribution < 1.29 is 23.8 Å². The number of benzene rings is 4. The summed E-state index contributed by atoms with van der Waals surface area (Å²) in [5.74, 6) is -1.43. The fraction of sp³-hybridized carbons (Fsp3) is 0.432. The van der Waals surface area contributed by atoms with Crippen LogP contribution in [-0.2, 0) is 35.5 Å². The van der Waals surface area contributed by atoms with E-state index < -0.39 is 17.8 Å². The Morgan fingerprint density at radius 2 is 1.31 bits per heavy atom. The molecule has 4 aromatic carbocycles. The minimum atomic E-state index is -0.535. The Bertz CT molecular complexity index is 3410. The quantitative estimate of drug-likeness (QED) is 0.0280. The summed E-state index contributed by atoms with van der Waals surface area (Å²) >= 11 is 4.65. The average Bonchev–Trinajstić information content (AvgIpc) is 1.97. The van der Waals surface area contributed by atoms with Gasteiger partial charge in [-0.15, -0.1) is 17.7 Å². The first kappa shape index (κ1) is 64.1. The zero-order valence-corrected chi connectivity index (χ0v) is 54.0. The zero-order valence-electron chi connectivity index (χ0n) is 53.1. The van der Waals surface area contributed by atoms with Gasteiger partial charge in [-0.25, -0.2) is 4.79 Å². The van der Waals surface area contributed by atoms with Gasteiger partial charge in [-0.05, 0) is 172 Å². The highest BCUT2D eigenvalue weighted by atomic mass is 32.1. The minimum Gasteiger partial charge on any atom is -0.372 e. The van der Waals surface area contributed by atoms with Crippen molar-refractivity contribution in [1.82, 2.24) is 5.06 Å². The van der Waals surface area contributed by atoms with Crippen LogP contribution in [0.5, 0.6) is 0 Å². The zero-order chi connectivity index (χ0) is 61.3. The molecule has 1 fully saturated rings. The lowest BCUT2D eigenvalue weighted by atomic mass is 9.79. The Hall–Kier alpha value is -6.95. The van der Waals surface area contributed by atoms with Crippen LogP contribution in [0.25, 0.3) is 16.8 Å². The molecule has 0 saturated carbocycles. The van der Waals surface area contributed by atoms with E-state index in [9.17, 15) is 14.4 Å². The van der Waals surface area contributed by atoms with Crippen LogP contribution in [0, 0.1) is 5.41 Å². The van der Waals surface area contributed by atoms with E-state index in [1.807, 2.05) is 0 Å². The summed E-state index contributed by atoms with van der Waals surface area (Å²) < 4.78 is 2.33. The van der Waals surface area contributed by atoms with Gasteiger partial charge in [0.2, 0.25) is 5.70 Å². The summed E-state index contributed by atoms with van der Waals surface area (Å²) in [5, 5.41) is 3.27. The molecule has 450 valence electrons. The van der Waals surface area contributed by atoms with E-state index in [1.165, 1.54) is 78.5 Å². The third-order valence-corrected chi connectivity index (χ3v) is 18.1. The van der Waals surface area contributed by atoms with E-state index in [4.69, 9.17) is 10.6 Å². The molecule has 9 rings (SSSR count). The first-order valence-corrected chi connectivity index (χ1v) is 31.7. The van der Waals surface area contributed by atoms with E-state index >= 15 is 0 Å². The van der Waals surface area contributed by atoms with Crippen molar-refractivity contribution in [3.63, 3.8) is 0 Å². The molecule has 85 heavy (non-hydrogen) atoms. The molecule has 4 aliphatic heterocycles. The summed E-state index contributed by atoms with van der Waals surface area (Å²) in [6, 6.07) is 26.8. The largest absolute Gasteiger partial charge is 0.372 e. The number of anilines is 3. The Balaban J connectivity index is 0.000000221. The van der Waals surface area contributed by atoms with E-state index in [-0.39, 0.29) is 40.9 Å². The molecular weight excluding hydrogens is 1070 g/mol. The average molecular weight is 1160 g/mol. The molecule has 0 radical (unpaired) electrons. The Kier molecular flexibility index (Phi) is 20.8. The van der Waals surface area contributed by atoms with Gasteiger partial charge in [0.25, 0.3) is 11.8 Å². The van der Waals surface area contributed by atoms with Crippen molar-refractivity contribution in [1.29, 1.82) is 0 Å². The Labute approximate surface area is 514 Å². The van der Waals surface area contributed by atoms with Gasteiger partial charge in [0.1, 0.15) is 7.05 Å². The van der Waals surface area contributed by atoms with Crippen LogP contribution >= 0.6 is 12.6 Å². The number of carbonyl (C=O) groups excluding carboxylic acids is 3. The number of fused-ring (bicyclic) bond motifs is 4. The number of likely N-dealkylation sites (N-methyl/N-ethyl adjacent to an activating group) is 1. The number of rotatable bonds is 21. The van der Waals surface area contributed by atoms with Crippen molar-refractivity contribution in [3.8, 4) is 0 Å². The smallest absolute Gasteiger partial charge is 0.333 e. The number of para-hydroxylation sites is 1. The van der Waals surface area contributed by atoms with Crippen molar-refractivity contribution in [2.45, 2.75) is 168 Å². The van der Waals surface area contributed by atoms with E-state index in [0.717, 1.165) is 82.6 Å². The van der Waals surface area contributed by atoms with Gasteiger partial charge >= 0.3 is 5.97 Å². The number of allylic oxidation sites excluding steroid dienone is 14. The van der Waals surface area contributed by atoms with Gasteiger partial charge in [-0.1, -0.05) is 140 Å². The summed E-state index contributed by atoms with van der Waals surface area (Å²) in [7, 11) is 2.17. The normalized spacial score (nSPS) is 18.9. The first-order chi connectivity index (χ1) is 40.5. The van der Waals surface area contributed by atoms with Crippen LogP contribution in [0.2, 0.25) is 0 Å². The van der Waals surface area contributed by atoms with E-state index in [0.29, 0.717) is 11.5 Å². The monoisotopic (exact) mass is 1160 g/mol. The van der Waals surface area contributed by atoms with Crippen molar-refractivity contribution in [2.24, 2.45) is 11.1 Å². The van der Waals surface area contributed by atoms with Gasteiger partial charge in [0.05, 0.1) is 5.41 Å². The van der Waals surface area contributed by atoms with Gasteiger partial charge in [-0.3, -0.25) is 9.59 Å². The molecule has 11 heteroatoms. The third-order valence-electron chi connectivity index (χ3n) is 17.8. The number of hydroxylamine groups is 2. The lowest BCUT2D eigenvalue weighted by Crippen LogP contribution is -2.32. The minimum absolute atomic E-state index is 0.00450. The van der Waals surface area contributed by atoms with Crippen LogP contribution < -0.4 is 20.4 Å². The fourth-order valence-electron chi connectivity index (χ4n) is 13.1. The second-order valence-electron chi connectivity index (χ2n) is 25.8. The standard InChI is InChI=1S/C38H51N3S.C36H44N3O4/c1-8-40(9-2)30-18-20-32-29(26-30)24-28(25-33(32)37(3,4)5)16-12-10-13-17-36-38(6,7)34-27-31(42)19-21-35(34)41(36)23-15-11-14-22-39;1-35(2)26-16-11-13-18-28(26)37(5)30(35)20-8-6-9-21-31-36(3,4)27-17-12-14-19-29(27)38(31)25-15-7-10-22-34(42)43-39-32(40)23-24-33(39)41/h10,12-13,16-21,24-27,42H,8-9,11,14-15,22-23,39H2,1-7H3;6,8-9,12,14,16-21H,7,10-11,13,15,22-25H2,1-5H3/q;+1/b13-10+,16-12+,36-17+;.